The summed E-state index contributed by atoms with van der Waals surface area (Å²) in [6, 6.07) is 10.1. The highest BCUT2D eigenvalue weighted by atomic mass is 32.2. The van der Waals surface area contributed by atoms with Crippen molar-refractivity contribution in [2.24, 2.45) is 0 Å². The number of nitrogens with zero attached hydrogens (tertiary/aromatic N) is 4. The smallest absolute Gasteiger partial charge is 0.216 e. The molecule has 2 rings (SSSR count). The van der Waals surface area contributed by atoms with E-state index >= 15 is 0 Å². The Kier molecular flexibility index (Phi) is 5.79. The summed E-state index contributed by atoms with van der Waals surface area (Å²) >= 11 is 1.85. The molecule has 1 heterocycles. The number of thioether (sulfide) groups is 1. The normalized spacial score (nSPS) is 11.1. The average Bonchev–Trinajstić information content (AvgIpc) is 3.04. The summed E-state index contributed by atoms with van der Waals surface area (Å²) in [6.45, 7) is 2.19. The van der Waals surface area contributed by atoms with Crippen molar-refractivity contribution in [2.75, 3.05) is 11.1 Å². The van der Waals surface area contributed by atoms with E-state index in [9.17, 15) is 0 Å². The quantitative estimate of drug-likeness (QED) is 0.464. The van der Waals surface area contributed by atoms with E-state index in [-0.39, 0.29) is 5.82 Å². The molecule has 0 saturated heterocycles. The van der Waals surface area contributed by atoms with Crippen LogP contribution >= 0.6 is 11.8 Å². The van der Waals surface area contributed by atoms with Gasteiger partial charge in [0.2, 0.25) is 5.82 Å². The van der Waals surface area contributed by atoms with Crippen LogP contribution in [0.25, 0.3) is 5.57 Å². The molecular formula is C14H16N6S. The highest BCUT2D eigenvalue weighted by Gasteiger charge is 2.05. The number of unbranched alkanes of at least 4 members (excludes halogenated alkanes) is 1. The Morgan fingerprint density at radius 1 is 1.43 bits per heavy atom. The predicted octanol–water partition coefficient (Wildman–Crippen LogP) is 3.07. The molecule has 21 heavy (non-hydrogen) atoms. The van der Waals surface area contributed by atoms with Gasteiger partial charge in [-0.1, -0.05) is 13.3 Å². The van der Waals surface area contributed by atoms with Crippen molar-refractivity contribution in [2.45, 2.75) is 24.7 Å². The van der Waals surface area contributed by atoms with Crippen molar-refractivity contribution < 1.29 is 0 Å². The third kappa shape index (κ3) is 4.61. The molecule has 0 atom stereocenters. The minimum Gasteiger partial charge on any atom is -0.360 e. The Hall–Kier alpha value is -2.33. The largest absolute Gasteiger partial charge is 0.360 e. The highest BCUT2D eigenvalue weighted by Crippen LogP contribution is 2.21. The second-order valence-electron chi connectivity index (χ2n) is 4.28. The third-order valence-corrected chi connectivity index (χ3v) is 3.81. The maximum Gasteiger partial charge on any atom is 0.216 e. The first-order valence-corrected chi connectivity index (χ1v) is 7.65. The Morgan fingerprint density at radius 3 is 2.86 bits per heavy atom. The minimum atomic E-state index is 0.275. The average molecular weight is 300 g/mol. The Bertz CT molecular complexity index is 612. The number of aromatic amines is 1. The molecule has 108 valence electrons. The number of benzene rings is 1. The zero-order chi connectivity index (χ0) is 14.9. The Morgan fingerprint density at radius 2 is 2.24 bits per heavy atom. The topological polar surface area (TPSA) is 90.3 Å². The molecule has 0 radical (unpaired) electrons. The van der Waals surface area contributed by atoms with Crippen LogP contribution in [0.3, 0.4) is 0 Å². The molecule has 0 aliphatic rings. The fourth-order valence-corrected chi connectivity index (χ4v) is 2.56. The Labute approximate surface area is 127 Å². The van der Waals surface area contributed by atoms with Crippen LogP contribution in [0, 0.1) is 11.3 Å². The molecule has 2 aromatic rings. The molecule has 1 aromatic heterocycles. The van der Waals surface area contributed by atoms with E-state index in [4.69, 9.17) is 5.26 Å². The van der Waals surface area contributed by atoms with Gasteiger partial charge >= 0.3 is 0 Å². The molecule has 0 aliphatic carbocycles. The van der Waals surface area contributed by atoms with Gasteiger partial charge in [0.05, 0.1) is 0 Å². The number of allylic oxidation sites excluding steroid dienone is 1. The van der Waals surface area contributed by atoms with Crippen LogP contribution in [-0.4, -0.2) is 26.4 Å². The maximum atomic E-state index is 9.06. The molecular weight excluding hydrogens is 284 g/mol. The Balaban J connectivity index is 1.95. The number of hydrogen-bond donors (Lipinski definition) is 2. The van der Waals surface area contributed by atoms with E-state index in [1.165, 1.54) is 17.7 Å². The lowest BCUT2D eigenvalue weighted by molar-refractivity contribution is 0.881. The van der Waals surface area contributed by atoms with Gasteiger partial charge in [-0.05, 0) is 41.7 Å². The maximum absolute atomic E-state index is 9.06. The fourth-order valence-electron chi connectivity index (χ4n) is 1.56. The highest BCUT2D eigenvalue weighted by molar-refractivity contribution is 7.99. The van der Waals surface area contributed by atoms with Gasteiger partial charge < -0.3 is 5.32 Å². The SMILES string of the molecule is CCCCSc1ccc(NC=C(C#N)c2nn[nH]n2)cc1. The van der Waals surface area contributed by atoms with Gasteiger partial charge in [-0.25, -0.2) is 0 Å². The molecule has 0 unspecified atom stereocenters. The number of H-pyrrole nitrogens is 1. The lowest BCUT2D eigenvalue weighted by Gasteiger charge is -2.04. The van der Waals surface area contributed by atoms with Gasteiger partial charge in [0, 0.05) is 16.8 Å². The molecule has 0 fully saturated rings. The van der Waals surface area contributed by atoms with Gasteiger partial charge in [-0.15, -0.1) is 22.0 Å². The van der Waals surface area contributed by atoms with Crippen LogP contribution in [0.1, 0.15) is 25.6 Å². The predicted molar refractivity (Wildman–Crippen MR) is 83.5 cm³/mol. The van der Waals surface area contributed by atoms with E-state index in [0.29, 0.717) is 5.57 Å². The zero-order valence-corrected chi connectivity index (χ0v) is 12.5. The molecule has 0 spiro atoms. The van der Waals surface area contributed by atoms with E-state index in [0.717, 1.165) is 11.4 Å². The summed E-state index contributed by atoms with van der Waals surface area (Å²) in [5.41, 5.74) is 1.23. The monoisotopic (exact) mass is 300 g/mol. The van der Waals surface area contributed by atoms with Crippen molar-refractivity contribution in [1.29, 1.82) is 5.26 Å². The summed E-state index contributed by atoms with van der Waals surface area (Å²) in [6.07, 6.45) is 4.01. The summed E-state index contributed by atoms with van der Waals surface area (Å²) in [4.78, 5) is 1.25. The standard InChI is InChI=1S/C14H16N6S/c1-2-3-8-21-13-6-4-12(5-7-13)16-10-11(9-15)14-17-19-20-18-14/h4-7,10,16H,2-3,8H2,1H3,(H,17,18,19,20). The van der Waals surface area contributed by atoms with Gasteiger partial charge in [0.1, 0.15) is 11.6 Å². The molecule has 1 aromatic carbocycles. The van der Waals surface area contributed by atoms with E-state index in [1.54, 1.807) is 6.20 Å². The van der Waals surface area contributed by atoms with Gasteiger partial charge in [0.15, 0.2) is 0 Å². The van der Waals surface area contributed by atoms with Crippen molar-refractivity contribution in [3.8, 4) is 6.07 Å². The summed E-state index contributed by atoms with van der Waals surface area (Å²) in [7, 11) is 0. The van der Waals surface area contributed by atoms with Crippen LogP contribution in [0.5, 0.6) is 0 Å². The lowest BCUT2D eigenvalue weighted by atomic mass is 10.3. The van der Waals surface area contributed by atoms with E-state index in [2.05, 4.69) is 45.0 Å². The number of tetrazole rings is 1. The first kappa shape index (κ1) is 15.1. The number of rotatable bonds is 7. The number of nitriles is 1. The second kappa shape index (κ2) is 8.07. The first-order valence-electron chi connectivity index (χ1n) is 6.67. The number of nitrogens with one attached hydrogen (secondary N) is 2. The summed E-state index contributed by atoms with van der Waals surface area (Å²) in [5.74, 6) is 1.41. The molecule has 7 heteroatoms. The van der Waals surface area contributed by atoms with Crippen LogP contribution in [-0.2, 0) is 0 Å². The third-order valence-electron chi connectivity index (χ3n) is 2.71. The fraction of sp³-hybridized carbons (Fsp3) is 0.286. The van der Waals surface area contributed by atoms with Gasteiger partial charge in [0.25, 0.3) is 0 Å². The lowest BCUT2D eigenvalue weighted by Crippen LogP contribution is -1.92. The summed E-state index contributed by atoms with van der Waals surface area (Å²) in [5, 5.41) is 25.4. The van der Waals surface area contributed by atoms with Crippen molar-refractivity contribution in [3.63, 3.8) is 0 Å². The number of anilines is 1. The second-order valence-corrected chi connectivity index (χ2v) is 5.44. The van der Waals surface area contributed by atoms with Gasteiger partial charge in [-0.2, -0.15) is 10.5 Å². The van der Waals surface area contributed by atoms with Crippen LogP contribution in [0.15, 0.2) is 35.4 Å². The molecule has 0 saturated carbocycles. The van der Waals surface area contributed by atoms with Gasteiger partial charge in [-0.3, -0.25) is 0 Å². The first-order chi connectivity index (χ1) is 10.3. The van der Waals surface area contributed by atoms with Crippen molar-refractivity contribution in [1.82, 2.24) is 20.6 Å². The van der Waals surface area contributed by atoms with E-state index < -0.39 is 0 Å². The van der Waals surface area contributed by atoms with Crippen molar-refractivity contribution in [3.05, 3.63) is 36.3 Å². The minimum absolute atomic E-state index is 0.275. The molecule has 2 N–H and O–H groups in total. The van der Waals surface area contributed by atoms with Crippen LogP contribution < -0.4 is 5.32 Å². The number of aromatic nitrogens is 4. The van der Waals surface area contributed by atoms with Crippen LogP contribution in [0.2, 0.25) is 0 Å². The summed E-state index contributed by atoms with van der Waals surface area (Å²) < 4.78 is 0. The van der Waals surface area contributed by atoms with Crippen molar-refractivity contribution >= 4 is 23.0 Å². The number of hydrogen-bond acceptors (Lipinski definition) is 6. The molecule has 6 nitrogen and oxygen atoms in total. The zero-order valence-electron chi connectivity index (χ0n) is 11.7. The van der Waals surface area contributed by atoms with E-state index in [1.807, 2.05) is 30.0 Å². The molecule has 0 bridgehead atoms. The molecule has 0 aliphatic heterocycles. The molecule has 0 amide bonds. The van der Waals surface area contributed by atoms with Crippen LogP contribution in [0.4, 0.5) is 5.69 Å².